The monoisotopic (exact) mass is 715 g/mol. The van der Waals surface area contributed by atoms with Crippen LogP contribution in [0, 0.1) is 19.3 Å². The maximum absolute atomic E-state index is 14.9. The summed E-state index contributed by atoms with van der Waals surface area (Å²) in [6.07, 6.45) is 2.92. The summed E-state index contributed by atoms with van der Waals surface area (Å²) in [7, 11) is 1.84. The van der Waals surface area contributed by atoms with Crippen molar-refractivity contribution in [2.45, 2.75) is 53.5 Å². The number of ether oxygens (including phenoxy) is 1. The second-order valence-corrected chi connectivity index (χ2v) is 13.7. The summed E-state index contributed by atoms with van der Waals surface area (Å²) in [4.78, 5) is 32.8. The van der Waals surface area contributed by atoms with Crippen molar-refractivity contribution in [1.82, 2.24) is 19.5 Å². The molecular weight excluding hydrogens is 677 g/mol. The van der Waals surface area contributed by atoms with Gasteiger partial charge in [0.05, 0.1) is 28.4 Å². The highest BCUT2D eigenvalue weighted by molar-refractivity contribution is 6.37. The molecule has 0 saturated carbocycles. The maximum atomic E-state index is 14.9. The Balaban J connectivity index is 1.51. The van der Waals surface area contributed by atoms with Gasteiger partial charge in [0.2, 0.25) is 0 Å². The zero-order valence-corrected chi connectivity index (χ0v) is 30.3. The molecule has 50 heavy (non-hydrogen) atoms. The number of carboxylic acid groups (broad SMARTS) is 1. The standard InChI is InChI=1S/C37H39Cl2N7O4/c1-18-14-23(15-19(2)32(18)39)50-13-7-8-24-25-9-10-26(38)31(30(21(4)40)22(5)43-41)34(25)46-20(3)16-45(36(47)35(24)46)29-17-44(6)28-12-11-27(37(48)49)42-33(28)29/h9-12,14-15,17,20,40,43H,7-8,13,16,41H2,1-6H3,(H,48,49)/b30-22+,40-21?/t20-/m1/s1. The molecule has 0 unspecified atom stereocenters. The minimum atomic E-state index is -1.15. The molecule has 1 aliphatic rings. The second kappa shape index (κ2) is 13.5. The van der Waals surface area contributed by atoms with Crippen LogP contribution in [0.1, 0.15) is 76.5 Å². The van der Waals surface area contributed by atoms with E-state index in [4.69, 9.17) is 39.2 Å². The Kier molecular flexibility index (Phi) is 9.43. The predicted octanol–water partition coefficient (Wildman–Crippen LogP) is 7.62. The van der Waals surface area contributed by atoms with Crippen molar-refractivity contribution in [3.8, 4) is 5.75 Å². The Morgan fingerprint density at radius 2 is 1.86 bits per heavy atom. The van der Waals surface area contributed by atoms with Crippen LogP contribution in [-0.4, -0.2) is 50.0 Å². The van der Waals surface area contributed by atoms with Crippen LogP contribution in [0.4, 0.5) is 5.69 Å². The zero-order valence-electron chi connectivity index (χ0n) is 28.7. The van der Waals surface area contributed by atoms with Gasteiger partial charge in [-0.05, 0) is 94.5 Å². The van der Waals surface area contributed by atoms with E-state index in [0.29, 0.717) is 68.7 Å². The summed E-state index contributed by atoms with van der Waals surface area (Å²) in [5.74, 6) is 5.20. The molecule has 0 spiro atoms. The minimum Gasteiger partial charge on any atom is -0.494 e. The molecule has 0 saturated heterocycles. The molecule has 2 aromatic carbocycles. The molecule has 1 atom stereocenters. The second-order valence-electron chi connectivity index (χ2n) is 12.9. The molecule has 0 radical (unpaired) electrons. The maximum Gasteiger partial charge on any atom is 0.354 e. The number of hydrazine groups is 1. The fourth-order valence-electron chi connectivity index (χ4n) is 7.09. The molecule has 5 aromatic rings. The number of aromatic nitrogens is 3. The van der Waals surface area contributed by atoms with Crippen molar-refractivity contribution in [2.24, 2.45) is 12.9 Å². The summed E-state index contributed by atoms with van der Waals surface area (Å²) >= 11 is 13.3. The fraction of sp³-hybridized carbons (Fsp3) is 0.297. The van der Waals surface area contributed by atoms with E-state index in [9.17, 15) is 14.7 Å². The minimum absolute atomic E-state index is 0.104. The Morgan fingerprint density at radius 1 is 1.16 bits per heavy atom. The lowest BCUT2D eigenvalue weighted by Gasteiger charge is -2.34. The van der Waals surface area contributed by atoms with E-state index in [0.717, 1.165) is 33.3 Å². The van der Waals surface area contributed by atoms with Crippen molar-refractivity contribution in [2.75, 3.05) is 18.1 Å². The predicted molar refractivity (Wildman–Crippen MR) is 199 cm³/mol. The number of aromatic carboxylic acids is 1. The lowest BCUT2D eigenvalue weighted by atomic mass is 9.96. The first-order valence-corrected chi connectivity index (χ1v) is 17.0. The van der Waals surface area contributed by atoms with Gasteiger partial charge in [0.15, 0.2) is 0 Å². The Labute approximate surface area is 299 Å². The van der Waals surface area contributed by atoms with Gasteiger partial charge in [0.1, 0.15) is 22.7 Å². The number of nitrogens with zero attached hydrogens (tertiary/aromatic N) is 4. The number of fused-ring (bicyclic) bond motifs is 4. The first-order valence-electron chi connectivity index (χ1n) is 16.2. The number of carbonyl (C=O) groups is 2. The lowest BCUT2D eigenvalue weighted by molar-refractivity contribution is 0.0690. The molecule has 5 N–H and O–H groups in total. The molecule has 0 aliphatic carbocycles. The average molecular weight is 717 g/mol. The summed E-state index contributed by atoms with van der Waals surface area (Å²) in [5, 5.41) is 20.4. The highest BCUT2D eigenvalue weighted by Gasteiger charge is 2.38. The van der Waals surface area contributed by atoms with Gasteiger partial charge in [-0.3, -0.25) is 10.6 Å². The zero-order chi connectivity index (χ0) is 36.2. The molecule has 11 nitrogen and oxygen atoms in total. The number of nitrogens with two attached hydrogens (primary N) is 1. The molecule has 4 heterocycles. The normalized spacial score (nSPS) is 15.0. The number of hydrogen-bond donors (Lipinski definition) is 4. The summed E-state index contributed by atoms with van der Waals surface area (Å²) in [5.41, 5.74) is 10.2. The van der Waals surface area contributed by atoms with Crippen LogP contribution in [-0.2, 0) is 13.5 Å². The van der Waals surface area contributed by atoms with E-state index < -0.39 is 5.97 Å². The van der Waals surface area contributed by atoms with Crippen molar-refractivity contribution >= 4 is 74.0 Å². The number of carboxylic acids is 1. The molecule has 13 heteroatoms. The van der Waals surface area contributed by atoms with Crippen molar-refractivity contribution in [3.63, 3.8) is 0 Å². The largest absolute Gasteiger partial charge is 0.494 e. The van der Waals surface area contributed by atoms with Crippen LogP contribution < -0.4 is 20.9 Å². The third-order valence-corrected chi connectivity index (χ3v) is 10.3. The average Bonchev–Trinajstić information content (AvgIpc) is 3.58. The first kappa shape index (κ1) is 35.0. The Morgan fingerprint density at radius 3 is 2.50 bits per heavy atom. The van der Waals surface area contributed by atoms with Gasteiger partial charge >= 0.3 is 5.97 Å². The van der Waals surface area contributed by atoms with E-state index in [1.54, 1.807) is 30.9 Å². The summed E-state index contributed by atoms with van der Waals surface area (Å²) in [6, 6.07) is 10.5. The summed E-state index contributed by atoms with van der Waals surface area (Å²) in [6.45, 7) is 10.1. The van der Waals surface area contributed by atoms with Crippen LogP contribution in [0.2, 0.25) is 10.0 Å². The number of carbonyl (C=O) groups excluding carboxylic acids is 1. The van der Waals surface area contributed by atoms with E-state index in [-0.39, 0.29) is 29.9 Å². The van der Waals surface area contributed by atoms with E-state index >= 15 is 0 Å². The van der Waals surface area contributed by atoms with E-state index in [1.807, 2.05) is 61.3 Å². The summed E-state index contributed by atoms with van der Waals surface area (Å²) < 4.78 is 10.0. The third kappa shape index (κ3) is 5.89. The molecule has 0 bridgehead atoms. The van der Waals surface area contributed by atoms with Gasteiger partial charge in [0, 0.05) is 58.8 Å². The number of benzene rings is 2. The molecule has 3 aromatic heterocycles. The van der Waals surface area contributed by atoms with Gasteiger partial charge < -0.3 is 34.7 Å². The molecule has 1 amide bonds. The van der Waals surface area contributed by atoms with E-state index in [2.05, 4.69) is 10.4 Å². The number of amides is 1. The quantitative estimate of drug-likeness (QED) is 0.0503. The number of rotatable bonds is 10. The topological polar surface area (TPSA) is 151 Å². The first-order chi connectivity index (χ1) is 23.7. The smallest absolute Gasteiger partial charge is 0.354 e. The number of halogens is 2. The van der Waals surface area contributed by atoms with Crippen molar-refractivity contribution in [3.05, 3.63) is 92.0 Å². The van der Waals surface area contributed by atoms with E-state index in [1.165, 1.54) is 6.07 Å². The SMILES string of the molecule is CC(=N)/C(=C(/C)NN)c1c(Cl)ccc2c(CCCOc3cc(C)c(Cl)c(C)c3)c3n(c12)[C@H](C)CN(c1cn(C)c2ccc(C(=O)O)nc12)C3=O. The van der Waals surface area contributed by atoms with Gasteiger partial charge in [-0.1, -0.05) is 29.3 Å². The third-order valence-electron chi connectivity index (χ3n) is 9.34. The van der Waals surface area contributed by atoms with Crippen LogP contribution in [0.3, 0.4) is 0 Å². The highest BCUT2D eigenvalue weighted by Crippen LogP contribution is 2.43. The molecule has 1 aliphatic heterocycles. The van der Waals surface area contributed by atoms with Crippen molar-refractivity contribution < 1.29 is 19.4 Å². The van der Waals surface area contributed by atoms with Gasteiger partial charge in [-0.2, -0.15) is 0 Å². The van der Waals surface area contributed by atoms with Crippen LogP contribution in [0.5, 0.6) is 5.75 Å². The Hall–Kier alpha value is -4.84. The number of pyridine rings is 1. The number of allylic oxidation sites excluding steroid dienone is 2. The van der Waals surface area contributed by atoms with Gasteiger partial charge in [-0.15, -0.1) is 0 Å². The molecule has 0 fully saturated rings. The van der Waals surface area contributed by atoms with Gasteiger partial charge in [0.25, 0.3) is 5.91 Å². The lowest BCUT2D eigenvalue weighted by Crippen LogP contribution is -2.42. The molecule has 6 rings (SSSR count). The number of anilines is 1. The Bertz CT molecular complexity index is 2250. The van der Waals surface area contributed by atoms with Crippen LogP contribution in [0.25, 0.3) is 27.5 Å². The molecular formula is C37H39Cl2N7O4. The number of hydrogen-bond acceptors (Lipinski definition) is 7. The number of nitrogens with one attached hydrogen (secondary N) is 2. The van der Waals surface area contributed by atoms with Crippen LogP contribution in [0.15, 0.2) is 48.3 Å². The van der Waals surface area contributed by atoms with Gasteiger partial charge in [-0.25, -0.2) is 9.78 Å². The highest BCUT2D eigenvalue weighted by atomic mass is 35.5. The van der Waals surface area contributed by atoms with Crippen LogP contribution >= 0.6 is 23.2 Å². The fourth-order valence-corrected chi connectivity index (χ4v) is 7.44. The van der Waals surface area contributed by atoms with Crippen molar-refractivity contribution in [1.29, 1.82) is 5.41 Å². The number of aryl methyl sites for hydroxylation is 4. The molecule has 260 valence electrons.